The van der Waals surface area contributed by atoms with Crippen molar-refractivity contribution < 1.29 is 22.4 Å². The van der Waals surface area contributed by atoms with Crippen molar-refractivity contribution in [1.29, 1.82) is 0 Å². The van der Waals surface area contributed by atoms with Gasteiger partial charge < -0.3 is 10.7 Å². The number of benzene rings is 2. The van der Waals surface area contributed by atoms with Crippen molar-refractivity contribution in [3.8, 4) is 0 Å². The zero-order valence-electron chi connectivity index (χ0n) is 19.5. The van der Waals surface area contributed by atoms with Gasteiger partial charge in [0.05, 0.1) is 12.6 Å². The second-order valence-electron chi connectivity index (χ2n) is 9.96. The molecule has 186 valence electrons. The number of aromatic amines is 1. The van der Waals surface area contributed by atoms with Gasteiger partial charge in [-0.3, -0.25) is 9.69 Å². The summed E-state index contributed by atoms with van der Waals surface area (Å²) in [7, 11) is 0. The number of para-hydroxylation sites is 1. The van der Waals surface area contributed by atoms with Crippen molar-refractivity contribution in [3.63, 3.8) is 0 Å². The number of nitrogens with zero attached hydrogens (tertiary/aromatic N) is 1. The van der Waals surface area contributed by atoms with Crippen molar-refractivity contribution in [2.24, 2.45) is 11.7 Å². The molecule has 1 saturated carbocycles. The van der Waals surface area contributed by atoms with Crippen LogP contribution in [0.5, 0.6) is 0 Å². The van der Waals surface area contributed by atoms with E-state index < -0.39 is 30.6 Å². The fourth-order valence-corrected chi connectivity index (χ4v) is 6.07. The van der Waals surface area contributed by atoms with Crippen LogP contribution in [0.25, 0.3) is 10.9 Å². The molecule has 3 N–H and O–H groups in total. The molecule has 1 aliphatic carbocycles. The van der Waals surface area contributed by atoms with Crippen LogP contribution in [-0.4, -0.2) is 34.8 Å². The Kier molecular flexibility index (Phi) is 6.34. The van der Waals surface area contributed by atoms with E-state index in [1.165, 1.54) is 17.0 Å². The van der Waals surface area contributed by atoms with Crippen molar-refractivity contribution in [2.45, 2.75) is 63.5 Å². The average Bonchev–Trinajstić information content (AvgIpc) is 3.18. The van der Waals surface area contributed by atoms with Crippen molar-refractivity contribution in [1.82, 2.24) is 9.88 Å². The van der Waals surface area contributed by atoms with Gasteiger partial charge in [-0.05, 0) is 74.3 Å². The number of carbonyl (C=O) groups is 1. The van der Waals surface area contributed by atoms with E-state index in [1.54, 1.807) is 0 Å². The Morgan fingerprint density at radius 1 is 1.11 bits per heavy atom. The molecular weight excluding hydrogens is 458 g/mol. The lowest BCUT2D eigenvalue weighted by molar-refractivity contribution is -0.122. The molecule has 0 bridgehead atoms. The number of fused-ring (bicyclic) bond motifs is 3. The summed E-state index contributed by atoms with van der Waals surface area (Å²) < 4.78 is 58.6. The number of H-pyrrole nitrogens is 1. The first-order chi connectivity index (χ1) is 16.7. The Balaban J connectivity index is 1.57. The minimum atomic E-state index is -2.64. The number of alkyl halides is 2. The Hall–Kier alpha value is -2.87. The number of nitrogens with two attached hydrogens (primary N) is 1. The monoisotopic (exact) mass is 487 g/mol. The van der Waals surface area contributed by atoms with Crippen LogP contribution in [0.4, 0.5) is 17.6 Å². The zero-order valence-corrected chi connectivity index (χ0v) is 19.5. The molecule has 2 heterocycles. The number of halogens is 4. The minimum Gasteiger partial charge on any atom is -0.369 e. The molecule has 2 aliphatic rings. The van der Waals surface area contributed by atoms with Crippen LogP contribution in [0.15, 0.2) is 36.4 Å². The summed E-state index contributed by atoms with van der Waals surface area (Å²) in [4.78, 5) is 16.2. The number of hydrogen-bond acceptors (Lipinski definition) is 2. The summed E-state index contributed by atoms with van der Waals surface area (Å²) in [6, 6.07) is 8.94. The SMILES string of the molecule is C[C@@H]1Cc2c([nH]c3ccccc23)[C@@H](c2c(F)cc(C3CCC(C(N)=O)CC3)cc2F)N1CC(F)F. The lowest BCUT2D eigenvalue weighted by Crippen LogP contribution is -2.45. The molecule has 0 saturated heterocycles. The Bertz CT molecular complexity index is 1230. The lowest BCUT2D eigenvalue weighted by Gasteiger charge is -2.41. The van der Waals surface area contributed by atoms with Gasteiger partial charge in [0.2, 0.25) is 5.91 Å². The molecule has 0 unspecified atom stereocenters. The van der Waals surface area contributed by atoms with Gasteiger partial charge in [0.1, 0.15) is 11.6 Å². The summed E-state index contributed by atoms with van der Waals surface area (Å²) in [5, 5.41) is 0.944. The van der Waals surface area contributed by atoms with E-state index in [2.05, 4.69) is 4.98 Å². The smallest absolute Gasteiger partial charge is 0.251 e. The van der Waals surface area contributed by atoms with Crippen LogP contribution in [0.1, 0.15) is 67.0 Å². The number of primary amides is 1. The van der Waals surface area contributed by atoms with Crippen LogP contribution in [0.2, 0.25) is 0 Å². The summed E-state index contributed by atoms with van der Waals surface area (Å²) in [6.45, 7) is 1.24. The molecule has 1 amide bonds. The van der Waals surface area contributed by atoms with E-state index >= 15 is 8.78 Å². The highest BCUT2D eigenvalue weighted by atomic mass is 19.3. The average molecular weight is 488 g/mol. The Morgan fingerprint density at radius 3 is 2.40 bits per heavy atom. The topological polar surface area (TPSA) is 62.1 Å². The first-order valence-electron chi connectivity index (χ1n) is 12.2. The van der Waals surface area contributed by atoms with E-state index in [9.17, 15) is 13.6 Å². The van der Waals surface area contributed by atoms with Gasteiger partial charge in [0, 0.05) is 34.1 Å². The lowest BCUT2D eigenvalue weighted by atomic mass is 9.78. The quantitative estimate of drug-likeness (QED) is 0.447. The van der Waals surface area contributed by atoms with Crippen molar-refractivity contribution in [3.05, 3.63) is 70.4 Å². The maximum atomic E-state index is 15.7. The first kappa shape index (κ1) is 23.9. The maximum absolute atomic E-state index is 15.7. The van der Waals surface area contributed by atoms with Gasteiger partial charge in [-0.2, -0.15) is 0 Å². The van der Waals surface area contributed by atoms with E-state index in [4.69, 9.17) is 5.73 Å². The molecule has 2 atom stereocenters. The molecule has 0 spiro atoms. The normalized spacial score (nSPS) is 25.2. The first-order valence-corrected chi connectivity index (χ1v) is 12.2. The van der Waals surface area contributed by atoms with Gasteiger partial charge in [-0.25, -0.2) is 17.6 Å². The third kappa shape index (κ3) is 4.33. The standard InChI is InChI=1S/C27H29F4N3O/c1-14-10-19-18-4-2-3-5-22(18)33-25(19)26(34(14)13-23(30)31)24-20(28)11-17(12-21(24)29)15-6-8-16(9-7-15)27(32)35/h2-5,11-12,14-16,23,26,33H,6-10,13H2,1H3,(H2,32,35)/t14-,15?,16?,26-/m1/s1. The summed E-state index contributed by atoms with van der Waals surface area (Å²) in [5.41, 5.74) is 8.03. The predicted molar refractivity (Wildman–Crippen MR) is 126 cm³/mol. The molecule has 1 aromatic heterocycles. The van der Waals surface area contributed by atoms with E-state index in [1.807, 2.05) is 31.2 Å². The van der Waals surface area contributed by atoms with E-state index in [0.29, 0.717) is 43.4 Å². The molecule has 0 radical (unpaired) electrons. The van der Waals surface area contributed by atoms with Crippen molar-refractivity contribution in [2.75, 3.05) is 6.54 Å². The third-order valence-corrected chi connectivity index (χ3v) is 7.84. The third-order valence-electron chi connectivity index (χ3n) is 7.84. The van der Waals surface area contributed by atoms with Gasteiger partial charge in [0.25, 0.3) is 6.43 Å². The van der Waals surface area contributed by atoms with E-state index in [0.717, 1.165) is 16.5 Å². The fourth-order valence-electron chi connectivity index (χ4n) is 6.07. The molecule has 4 nitrogen and oxygen atoms in total. The minimum absolute atomic E-state index is 0.0743. The second kappa shape index (κ2) is 9.30. The molecule has 5 rings (SSSR count). The number of aromatic nitrogens is 1. The molecule has 35 heavy (non-hydrogen) atoms. The highest BCUT2D eigenvalue weighted by molar-refractivity contribution is 5.85. The molecule has 2 aromatic carbocycles. The number of carbonyl (C=O) groups excluding carboxylic acids is 1. The number of amides is 1. The second-order valence-corrected chi connectivity index (χ2v) is 9.96. The van der Waals surface area contributed by atoms with Gasteiger partial charge in [-0.15, -0.1) is 0 Å². The Morgan fingerprint density at radius 2 is 1.77 bits per heavy atom. The van der Waals surface area contributed by atoms with Crippen LogP contribution in [0, 0.1) is 17.6 Å². The largest absolute Gasteiger partial charge is 0.369 e. The molecule has 1 fully saturated rings. The van der Waals surface area contributed by atoms with Gasteiger partial charge in [-0.1, -0.05) is 18.2 Å². The van der Waals surface area contributed by atoms with Crippen LogP contribution >= 0.6 is 0 Å². The fraction of sp³-hybridized carbons (Fsp3) is 0.444. The zero-order chi connectivity index (χ0) is 24.9. The predicted octanol–water partition coefficient (Wildman–Crippen LogP) is 5.81. The van der Waals surface area contributed by atoms with Crippen LogP contribution < -0.4 is 5.73 Å². The maximum Gasteiger partial charge on any atom is 0.251 e. The van der Waals surface area contributed by atoms with Gasteiger partial charge >= 0.3 is 0 Å². The molecular formula is C27H29F4N3O. The summed E-state index contributed by atoms with van der Waals surface area (Å²) in [5.74, 6) is -2.09. The molecule has 8 heteroatoms. The highest BCUT2D eigenvalue weighted by Crippen LogP contribution is 2.44. The number of nitrogens with one attached hydrogen (secondary N) is 1. The van der Waals surface area contributed by atoms with Crippen LogP contribution in [-0.2, 0) is 11.2 Å². The highest BCUT2D eigenvalue weighted by Gasteiger charge is 2.40. The number of hydrogen-bond donors (Lipinski definition) is 2. The van der Waals surface area contributed by atoms with E-state index in [-0.39, 0.29) is 29.3 Å². The van der Waals surface area contributed by atoms with Gasteiger partial charge in [0.15, 0.2) is 0 Å². The molecule has 3 aromatic rings. The number of rotatable bonds is 5. The van der Waals surface area contributed by atoms with Crippen LogP contribution in [0.3, 0.4) is 0 Å². The van der Waals surface area contributed by atoms with Crippen molar-refractivity contribution >= 4 is 16.8 Å². The summed E-state index contributed by atoms with van der Waals surface area (Å²) in [6.07, 6.45) is 0.285. The Labute approximate surface area is 201 Å². The molecule has 1 aliphatic heterocycles. The summed E-state index contributed by atoms with van der Waals surface area (Å²) >= 11 is 0.